The number of nitrogens with two attached hydrogens (primary N) is 1. The Morgan fingerprint density at radius 1 is 1.89 bits per heavy atom. The van der Waals surface area contributed by atoms with E-state index in [1.54, 1.807) is 6.92 Å². The summed E-state index contributed by atoms with van der Waals surface area (Å²) in [5.41, 5.74) is 4.63. The minimum Gasteiger partial charge on any atom is -0.418 e. The first-order chi connectivity index (χ1) is 3.98. The molecule has 0 heterocycles. The highest BCUT2D eigenvalue weighted by Crippen LogP contribution is 2.08. The van der Waals surface area contributed by atoms with E-state index >= 15 is 0 Å². The van der Waals surface area contributed by atoms with Gasteiger partial charge in [-0.1, -0.05) is 6.92 Å². The molecule has 0 aliphatic heterocycles. The highest BCUT2D eigenvalue weighted by molar-refractivity contribution is 5.64. The van der Waals surface area contributed by atoms with Crippen LogP contribution in [0.5, 0.6) is 0 Å². The fourth-order valence-corrected chi connectivity index (χ4v) is 0.289. The smallest absolute Gasteiger partial charge is 0.406 e. The summed E-state index contributed by atoms with van der Waals surface area (Å²) in [6.45, 7) is 3.06. The molecule has 0 radical (unpaired) electrons. The Balaban J connectivity index is 3.71. The molecule has 0 aromatic heterocycles. The first-order valence-corrected chi connectivity index (χ1v) is 2.69. The lowest BCUT2D eigenvalue weighted by atomic mass is 10.2. The van der Waals surface area contributed by atoms with Crippen molar-refractivity contribution in [1.29, 1.82) is 0 Å². The molecule has 0 saturated heterocycles. The van der Waals surface area contributed by atoms with Crippen LogP contribution in [0.1, 0.15) is 20.3 Å². The van der Waals surface area contributed by atoms with Crippen LogP contribution in [0, 0.1) is 0 Å². The topological polar surface area (TPSA) is 72.6 Å². The Labute approximate surface area is 53.6 Å². The average Bonchev–Trinajstić information content (AvgIpc) is 1.63. The van der Waals surface area contributed by atoms with E-state index in [1.165, 1.54) is 6.92 Å². The number of amides is 1. The summed E-state index contributed by atoms with van der Waals surface area (Å²) in [6, 6.07) is 0. The zero-order chi connectivity index (χ0) is 7.49. The molecule has 9 heavy (non-hydrogen) atoms. The molecular weight excluding hydrogens is 122 g/mol. The Bertz CT molecular complexity index is 111. The molecule has 3 N–H and O–H groups in total. The van der Waals surface area contributed by atoms with Crippen LogP contribution in [0.25, 0.3) is 0 Å². The van der Waals surface area contributed by atoms with Gasteiger partial charge in [-0.25, -0.2) is 4.79 Å². The third-order valence-electron chi connectivity index (χ3n) is 0.976. The summed E-state index contributed by atoms with van der Waals surface area (Å²) >= 11 is 0. The van der Waals surface area contributed by atoms with Crippen LogP contribution in [0.15, 0.2) is 0 Å². The lowest BCUT2D eigenvalue weighted by Crippen LogP contribution is -2.32. The highest BCUT2D eigenvalue weighted by atomic mass is 16.7. The maximum Gasteiger partial charge on any atom is 0.406 e. The molecule has 0 saturated carbocycles. The summed E-state index contributed by atoms with van der Waals surface area (Å²) < 4.78 is 4.28. The van der Waals surface area contributed by atoms with Crippen molar-refractivity contribution >= 4 is 6.09 Å². The predicted octanol–water partition coefficient (Wildman–Crippen LogP) is 0.200. The molecule has 1 atom stereocenters. The Morgan fingerprint density at radius 3 is 2.44 bits per heavy atom. The fraction of sp³-hybridized carbons (Fsp3) is 0.800. The minimum atomic E-state index is -1.41. The van der Waals surface area contributed by atoms with Gasteiger partial charge in [-0.15, -0.1) is 0 Å². The number of hydrogen-bond donors (Lipinski definition) is 2. The van der Waals surface area contributed by atoms with Crippen molar-refractivity contribution in [2.45, 2.75) is 26.1 Å². The van der Waals surface area contributed by atoms with Gasteiger partial charge in [0.2, 0.25) is 5.79 Å². The Morgan fingerprint density at radius 2 is 2.33 bits per heavy atom. The van der Waals surface area contributed by atoms with Gasteiger partial charge < -0.3 is 15.6 Å². The van der Waals surface area contributed by atoms with Crippen molar-refractivity contribution < 1.29 is 14.6 Å². The maximum absolute atomic E-state index is 10.0. The van der Waals surface area contributed by atoms with Crippen molar-refractivity contribution in [3.05, 3.63) is 0 Å². The quantitative estimate of drug-likeness (QED) is 0.528. The minimum absolute atomic E-state index is 0.329. The lowest BCUT2D eigenvalue weighted by Gasteiger charge is -2.19. The van der Waals surface area contributed by atoms with Gasteiger partial charge in [-0.2, -0.15) is 0 Å². The van der Waals surface area contributed by atoms with Gasteiger partial charge >= 0.3 is 6.09 Å². The molecule has 1 amide bonds. The van der Waals surface area contributed by atoms with Crippen molar-refractivity contribution in [2.75, 3.05) is 0 Å². The largest absolute Gasteiger partial charge is 0.418 e. The summed E-state index contributed by atoms with van der Waals surface area (Å²) in [7, 11) is 0. The van der Waals surface area contributed by atoms with E-state index in [9.17, 15) is 4.79 Å². The summed E-state index contributed by atoms with van der Waals surface area (Å²) in [6.07, 6.45) is -0.627. The molecule has 0 aromatic rings. The molecule has 0 rings (SSSR count). The van der Waals surface area contributed by atoms with Gasteiger partial charge in [0, 0.05) is 13.3 Å². The van der Waals surface area contributed by atoms with E-state index in [2.05, 4.69) is 10.5 Å². The molecule has 1 unspecified atom stereocenters. The second-order valence-corrected chi connectivity index (χ2v) is 1.95. The normalized spacial score (nSPS) is 16.3. The van der Waals surface area contributed by atoms with E-state index in [-0.39, 0.29) is 0 Å². The van der Waals surface area contributed by atoms with Gasteiger partial charge in [0.25, 0.3) is 0 Å². The van der Waals surface area contributed by atoms with Gasteiger partial charge in [-0.3, -0.25) is 0 Å². The van der Waals surface area contributed by atoms with Crippen LogP contribution in [0.4, 0.5) is 4.79 Å². The number of ether oxygens (including phenoxy) is 1. The lowest BCUT2D eigenvalue weighted by molar-refractivity contribution is -0.146. The van der Waals surface area contributed by atoms with E-state index in [4.69, 9.17) is 5.11 Å². The number of rotatable bonds is 2. The molecular formula is C5H11NO3. The number of aliphatic hydroxyl groups is 1. The van der Waals surface area contributed by atoms with Crippen LogP contribution < -0.4 is 5.73 Å². The highest BCUT2D eigenvalue weighted by Gasteiger charge is 2.20. The molecule has 0 aliphatic rings. The van der Waals surface area contributed by atoms with Crippen molar-refractivity contribution in [3.63, 3.8) is 0 Å². The molecule has 54 valence electrons. The standard InChI is InChI=1S/C5H11NO3/c1-3-5(2,8)9-4(6)7/h8H,3H2,1-2H3,(H2,6,7). The van der Waals surface area contributed by atoms with Crippen LogP contribution in [-0.4, -0.2) is 17.0 Å². The van der Waals surface area contributed by atoms with Gasteiger partial charge in [0.15, 0.2) is 0 Å². The van der Waals surface area contributed by atoms with Crippen molar-refractivity contribution in [1.82, 2.24) is 0 Å². The van der Waals surface area contributed by atoms with E-state index < -0.39 is 11.9 Å². The third kappa shape index (κ3) is 3.78. The Kier molecular flexibility index (Phi) is 2.45. The summed E-state index contributed by atoms with van der Waals surface area (Å²) in [4.78, 5) is 10.0. The summed E-state index contributed by atoms with van der Waals surface area (Å²) in [5.74, 6) is -1.41. The molecule has 0 bridgehead atoms. The number of carbonyl (C=O) groups is 1. The van der Waals surface area contributed by atoms with E-state index in [0.717, 1.165) is 0 Å². The van der Waals surface area contributed by atoms with Crippen LogP contribution in [-0.2, 0) is 4.74 Å². The molecule has 0 aliphatic carbocycles. The molecule has 4 heteroatoms. The molecule has 0 fully saturated rings. The van der Waals surface area contributed by atoms with Crippen molar-refractivity contribution in [3.8, 4) is 0 Å². The maximum atomic E-state index is 10.0. The molecule has 0 aromatic carbocycles. The SMILES string of the molecule is CCC(C)(O)OC(N)=O. The monoisotopic (exact) mass is 133 g/mol. The zero-order valence-electron chi connectivity index (χ0n) is 5.55. The van der Waals surface area contributed by atoms with E-state index in [0.29, 0.717) is 6.42 Å². The van der Waals surface area contributed by atoms with Crippen LogP contribution in [0.2, 0.25) is 0 Å². The second-order valence-electron chi connectivity index (χ2n) is 1.95. The van der Waals surface area contributed by atoms with Gasteiger partial charge in [0.05, 0.1) is 0 Å². The predicted molar refractivity (Wildman–Crippen MR) is 31.6 cm³/mol. The Hall–Kier alpha value is -0.770. The third-order valence-corrected chi connectivity index (χ3v) is 0.976. The molecule has 4 nitrogen and oxygen atoms in total. The zero-order valence-corrected chi connectivity index (χ0v) is 5.55. The van der Waals surface area contributed by atoms with Crippen LogP contribution >= 0.6 is 0 Å². The average molecular weight is 133 g/mol. The first-order valence-electron chi connectivity index (χ1n) is 2.69. The fourth-order valence-electron chi connectivity index (χ4n) is 0.289. The summed E-state index contributed by atoms with van der Waals surface area (Å²) in [5, 5.41) is 8.97. The van der Waals surface area contributed by atoms with Crippen molar-refractivity contribution in [2.24, 2.45) is 5.73 Å². The number of hydrogen-bond acceptors (Lipinski definition) is 3. The van der Waals surface area contributed by atoms with Gasteiger partial charge in [-0.05, 0) is 0 Å². The van der Waals surface area contributed by atoms with Gasteiger partial charge in [0.1, 0.15) is 0 Å². The van der Waals surface area contributed by atoms with E-state index in [1.807, 2.05) is 0 Å². The first kappa shape index (κ1) is 8.23. The van der Waals surface area contributed by atoms with Crippen LogP contribution in [0.3, 0.4) is 0 Å². The number of carbonyl (C=O) groups excluding carboxylic acids is 1. The number of primary amides is 1. The second kappa shape index (κ2) is 2.68. The molecule has 0 spiro atoms.